The molecule has 0 atom stereocenters. The minimum absolute atomic E-state index is 0.0757. The Kier molecular flexibility index (Phi) is 7.01. The fourth-order valence-corrected chi connectivity index (χ4v) is 2.40. The number of aliphatic hydroxyl groups is 1. The number of allylic oxidation sites excluding steroid dienone is 1. The number of hydrogen-bond acceptors (Lipinski definition) is 5. The van der Waals surface area contributed by atoms with Gasteiger partial charge in [0.25, 0.3) is 0 Å². The number of ether oxygens (including phenoxy) is 2. The summed E-state index contributed by atoms with van der Waals surface area (Å²) < 4.78 is 10.1. The maximum absolute atomic E-state index is 11.9. The quantitative estimate of drug-likeness (QED) is 0.358. The number of hydrogen-bond donors (Lipinski definition) is 1. The molecule has 110 valence electrons. The number of aliphatic hydroxyl groups excluding tert-OH is 1. The lowest BCUT2D eigenvalue weighted by atomic mass is 10.3. The van der Waals surface area contributed by atoms with E-state index in [1.807, 2.05) is 31.2 Å². The van der Waals surface area contributed by atoms with Gasteiger partial charge in [0.05, 0.1) is 13.7 Å². The molecule has 1 N–H and O–H groups in total. The minimum Gasteiger partial charge on any atom is -0.511 e. The van der Waals surface area contributed by atoms with E-state index in [1.54, 1.807) is 14.0 Å². The van der Waals surface area contributed by atoms with Gasteiger partial charge in [-0.05, 0) is 37.6 Å². The van der Waals surface area contributed by atoms with Crippen molar-refractivity contribution in [2.24, 2.45) is 0 Å². The summed E-state index contributed by atoms with van der Waals surface area (Å²) in [4.78, 5) is 13.0. The summed E-state index contributed by atoms with van der Waals surface area (Å²) in [6.07, 6.45) is 1.22. The number of methoxy groups -OCH3 is 1. The van der Waals surface area contributed by atoms with Gasteiger partial charge in [0.2, 0.25) is 0 Å². The van der Waals surface area contributed by atoms with Crippen LogP contribution in [-0.2, 0) is 9.53 Å². The van der Waals surface area contributed by atoms with Gasteiger partial charge in [-0.3, -0.25) is 0 Å². The van der Waals surface area contributed by atoms with Crippen molar-refractivity contribution in [3.8, 4) is 5.75 Å². The first-order valence-corrected chi connectivity index (χ1v) is 7.35. The average molecular weight is 296 g/mol. The lowest BCUT2D eigenvalue weighted by Gasteiger charge is -2.10. The normalized spacial score (nSPS) is 11.8. The maximum Gasteiger partial charge on any atom is 0.348 e. The standard InChI is InChI=1S/C15H20O4S/c1-4-6-13(16)14(15(17)19-5-2)20-12-9-7-11(18-3)8-10-12/h7-10,16H,4-6H2,1-3H3/b14-13-. The number of esters is 1. The molecule has 0 bridgehead atoms. The highest BCUT2D eigenvalue weighted by Gasteiger charge is 2.18. The van der Waals surface area contributed by atoms with E-state index in [4.69, 9.17) is 9.47 Å². The molecule has 0 spiro atoms. The molecule has 1 aromatic carbocycles. The second-order valence-electron chi connectivity index (χ2n) is 4.02. The van der Waals surface area contributed by atoms with Crippen LogP contribution in [0.1, 0.15) is 26.7 Å². The Morgan fingerprint density at radius 1 is 1.25 bits per heavy atom. The molecular formula is C15H20O4S. The van der Waals surface area contributed by atoms with Crippen molar-refractivity contribution in [1.82, 2.24) is 0 Å². The van der Waals surface area contributed by atoms with Crippen LogP contribution in [0.3, 0.4) is 0 Å². The van der Waals surface area contributed by atoms with Gasteiger partial charge in [0.15, 0.2) is 0 Å². The van der Waals surface area contributed by atoms with Crippen LogP contribution in [0.2, 0.25) is 0 Å². The molecule has 0 fully saturated rings. The third-order valence-electron chi connectivity index (χ3n) is 2.49. The van der Waals surface area contributed by atoms with Crippen LogP contribution in [0.5, 0.6) is 5.75 Å². The molecule has 1 aromatic rings. The molecule has 0 amide bonds. The third kappa shape index (κ3) is 4.81. The van der Waals surface area contributed by atoms with Gasteiger partial charge in [-0.2, -0.15) is 0 Å². The van der Waals surface area contributed by atoms with Crippen LogP contribution in [0.4, 0.5) is 0 Å². The average Bonchev–Trinajstić information content (AvgIpc) is 2.45. The second kappa shape index (κ2) is 8.53. The zero-order valence-electron chi connectivity index (χ0n) is 12.0. The van der Waals surface area contributed by atoms with Gasteiger partial charge in [-0.1, -0.05) is 18.7 Å². The molecule has 0 saturated heterocycles. The van der Waals surface area contributed by atoms with E-state index in [-0.39, 0.29) is 17.3 Å². The summed E-state index contributed by atoms with van der Waals surface area (Å²) in [6, 6.07) is 7.29. The predicted molar refractivity (Wildman–Crippen MR) is 80.0 cm³/mol. The van der Waals surface area contributed by atoms with Crippen molar-refractivity contribution >= 4 is 17.7 Å². The Morgan fingerprint density at radius 2 is 1.90 bits per heavy atom. The molecule has 1 rings (SSSR count). The molecule has 0 saturated carbocycles. The summed E-state index contributed by atoms with van der Waals surface area (Å²) in [5.41, 5.74) is 0. The first kappa shape index (κ1) is 16.4. The van der Waals surface area contributed by atoms with E-state index in [0.717, 1.165) is 17.1 Å². The molecule has 0 unspecified atom stereocenters. The lowest BCUT2D eigenvalue weighted by Crippen LogP contribution is -2.08. The number of carbonyl (C=O) groups excluding carboxylic acids is 1. The summed E-state index contributed by atoms with van der Waals surface area (Å²) in [5.74, 6) is 0.333. The highest BCUT2D eigenvalue weighted by molar-refractivity contribution is 8.04. The first-order chi connectivity index (χ1) is 9.62. The van der Waals surface area contributed by atoms with E-state index in [1.165, 1.54) is 11.8 Å². The first-order valence-electron chi connectivity index (χ1n) is 6.53. The Labute approximate surface area is 123 Å². The van der Waals surface area contributed by atoms with E-state index < -0.39 is 5.97 Å². The summed E-state index contributed by atoms with van der Waals surface area (Å²) in [5, 5.41) is 10.0. The van der Waals surface area contributed by atoms with E-state index in [9.17, 15) is 9.90 Å². The summed E-state index contributed by atoms with van der Waals surface area (Å²) in [6.45, 7) is 3.96. The number of rotatable bonds is 7. The molecule has 0 aliphatic heterocycles. The zero-order valence-corrected chi connectivity index (χ0v) is 12.8. The van der Waals surface area contributed by atoms with Crippen molar-refractivity contribution in [1.29, 1.82) is 0 Å². The molecule has 4 nitrogen and oxygen atoms in total. The molecule has 0 heterocycles. The van der Waals surface area contributed by atoms with Crippen molar-refractivity contribution in [3.63, 3.8) is 0 Å². The largest absolute Gasteiger partial charge is 0.511 e. The van der Waals surface area contributed by atoms with Crippen LogP contribution in [0, 0.1) is 0 Å². The minimum atomic E-state index is -0.487. The maximum atomic E-state index is 11.9. The lowest BCUT2D eigenvalue weighted by molar-refractivity contribution is -0.137. The van der Waals surface area contributed by atoms with Gasteiger partial charge >= 0.3 is 5.97 Å². The highest BCUT2D eigenvalue weighted by atomic mass is 32.2. The van der Waals surface area contributed by atoms with Gasteiger partial charge < -0.3 is 14.6 Å². The predicted octanol–water partition coefficient (Wildman–Crippen LogP) is 3.92. The van der Waals surface area contributed by atoms with Crippen molar-refractivity contribution < 1.29 is 19.4 Å². The third-order valence-corrected chi connectivity index (χ3v) is 3.60. The van der Waals surface area contributed by atoms with Gasteiger partial charge in [-0.15, -0.1) is 0 Å². The smallest absolute Gasteiger partial charge is 0.348 e. The molecule has 5 heteroatoms. The van der Waals surface area contributed by atoms with Crippen molar-refractivity contribution in [2.75, 3.05) is 13.7 Å². The Bertz CT molecular complexity index is 465. The molecule has 20 heavy (non-hydrogen) atoms. The molecule has 0 aliphatic rings. The van der Waals surface area contributed by atoms with Crippen LogP contribution >= 0.6 is 11.8 Å². The van der Waals surface area contributed by atoms with E-state index >= 15 is 0 Å². The fourth-order valence-electron chi connectivity index (χ4n) is 1.53. The Balaban J connectivity index is 2.93. The monoisotopic (exact) mass is 296 g/mol. The topological polar surface area (TPSA) is 55.8 Å². The summed E-state index contributed by atoms with van der Waals surface area (Å²) >= 11 is 1.20. The number of carbonyl (C=O) groups is 1. The molecule has 0 aromatic heterocycles. The van der Waals surface area contributed by atoms with Crippen LogP contribution in [-0.4, -0.2) is 24.8 Å². The van der Waals surface area contributed by atoms with Gasteiger partial charge in [-0.25, -0.2) is 4.79 Å². The van der Waals surface area contributed by atoms with Crippen molar-refractivity contribution in [3.05, 3.63) is 34.9 Å². The molecule has 0 radical (unpaired) electrons. The number of thioether (sulfide) groups is 1. The Hall–Kier alpha value is -1.62. The number of benzene rings is 1. The van der Waals surface area contributed by atoms with E-state index in [0.29, 0.717) is 6.42 Å². The molecular weight excluding hydrogens is 276 g/mol. The van der Waals surface area contributed by atoms with Crippen molar-refractivity contribution in [2.45, 2.75) is 31.6 Å². The second-order valence-corrected chi connectivity index (χ2v) is 5.11. The Morgan fingerprint density at radius 3 is 2.40 bits per heavy atom. The van der Waals surface area contributed by atoms with Crippen LogP contribution in [0.15, 0.2) is 39.8 Å². The van der Waals surface area contributed by atoms with E-state index in [2.05, 4.69) is 0 Å². The molecule has 0 aliphatic carbocycles. The van der Waals surface area contributed by atoms with Gasteiger partial charge in [0.1, 0.15) is 16.4 Å². The zero-order chi connectivity index (χ0) is 15.0. The highest BCUT2D eigenvalue weighted by Crippen LogP contribution is 2.31. The van der Waals surface area contributed by atoms with Crippen LogP contribution in [0.25, 0.3) is 0 Å². The van der Waals surface area contributed by atoms with Gasteiger partial charge in [0, 0.05) is 11.3 Å². The van der Waals surface area contributed by atoms with Crippen LogP contribution < -0.4 is 4.74 Å². The SMILES string of the molecule is CCC/C(O)=C(/Sc1ccc(OC)cc1)C(=O)OCC. The fraction of sp³-hybridized carbons (Fsp3) is 0.400. The summed E-state index contributed by atoms with van der Waals surface area (Å²) in [7, 11) is 1.60.